The van der Waals surface area contributed by atoms with Crippen molar-refractivity contribution in [3.05, 3.63) is 0 Å². The average Bonchev–Trinajstić information content (AvgIpc) is 3.16. The van der Waals surface area contributed by atoms with Crippen molar-refractivity contribution in [2.45, 2.75) is 50.3 Å². The summed E-state index contributed by atoms with van der Waals surface area (Å²) in [5.74, 6) is -9.38. The number of hydrazine groups is 1. The molecule has 0 aromatic heterocycles. The van der Waals surface area contributed by atoms with E-state index in [0.717, 1.165) is 45.4 Å². The van der Waals surface area contributed by atoms with Crippen LogP contribution in [-0.2, 0) is 57.2 Å². The number of nitrogens with zero attached hydrogens (tertiary/aromatic N) is 2. The molecule has 7 atom stereocenters. The lowest BCUT2D eigenvalue weighted by molar-refractivity contribution is -0.346. The van der Waals surface area contributed by atoms with Crippen LogP contribution in [0.1, 0.15) is 20.3 Å². The third-order valence-corrected chi connectivity index (χ3v) is 6.27. The first-order valence-electron chi connectivity index (χ1n) is 10.3. The van der Waals surface area contributed by atoms with Gasteiger partial charge in [-0.2, -0.15) is 5.01 Å². The highest BCUT2D eigenvalue weighted by Gasteiger charge is 2.77. The monoisotopic (exact) mass is 486 g/mol. The summed E-state index contributed by atoms with van der Waals surface area (Å²) in [7, 11) is 4.08. The van der Waals surface area contributed by atoms with Crippen LogP contribution < -0.4 is 0 Å². The minimum atomic E-state index is -2.43. The summed E-state index contributed by atoms with van der Waals surface area (Å²) in [5.41, 5.74) is -2.43. The Morgan fingerprint density at radius 3 is 2.03 bits per heavy atom. The van der Waals surface area contributed by atoms with Crippen molar-refractivity contribution in [3.8, 4) is 0 Å². The smallest absolute Gasteiger partial charge is 0.356 e. The van der Waals surface area contributed by atoms with E-state index in [2.05, 4.69) is 0 Å². The molecule has 0 aromatic carbocycles. The van der Waals surface area contributed by atoms with E-state index in [-0.39, 0.29) is 6.42 Å². The van der Waals surface area contributed by atoms with E-state index < -0.39 is 77.6 Å². The van der Waals surface area contributed by atoms with E-state index in [9.17, 15) is 28.8 Å². The minimum Gasteiger partial charge on any atom is -0.469 e. The van der Waals surface area contributed by atoms with Gasteiger partial charge in [0, 0.05) is 13.3 Å². The molecule has 3 aliphatic rings. The highest BCUT2D eigenvalue weighted by atomic mass is 16.6. The first-order chi connectivity index (χ1) is 16.0. The van der Waals surface area contributed by atoms with Gasteiger partial charge >= 0.3 is 29.8 Å². The van der Waals surface area contributed by atoms with E-state index in [0.29, 0.717) is 0 Å². The van der Waals surface area contributed by atoms with Gasteiger partial charge in [-0.1, -0.05) is 0 Å². The van der Waals surface area contributed by atoms with Crippen molar-refractivity contribution in [2.75, 3.05) is 28.4 Å². The number of ether oxygens (including phenoxy) is 6. The molecule has 0 aromatic rings. The second-order valence-electron chi connectivity index (χ2n) is 7.96. The number of carbonyl (C=O) groups is 6. The molecule has 3 heterocycles. The maximum absolute atomic E-state index is 13.3. The molecule has 0 saturated carbocycles. The predicted molar refractivity (Wildman–Crippen MR) is 105 cm³/mol. The first kappa shape index (κ1) is 25.4. The molecule has 188 valence electrons. The third-order valence-electron chi connectivity index (χ3n) is 6.27. The van der Waals surface area contributed by atoms with Crippen LogP contribution in [0.4, 0.5) is 0 Å². The molecule has 0 unspecified atom stereocenters. The average molecular weight is 486 g/mol. The first-order valence-corrected chi connectivity index (χ1v) is 10.3. The van der Waals surface area contributed by atoms with Crippen LogP contribution in [-0.4, -0.2) is 104 Å². The Bertz CT molecular complexity index is 921. The summed E-state index contributed by atoms with van der Waals surface area (Å²) >= 11 is 0. The molecule has 3 fully saturated rings. The Kier molecular flexibility index (Phi) is 6.85. The lowest BCUT2D eigenvalue weighted by atomic mass is 9.74. The molecule has 14 heteroatoms. The van der Waals surface area contributed by atoms with Crippen molar-refractivity contribution >= 4 is 35.8 Å². The van der Waals surface area contributed by atoms with Gasteiger partial charge in [-0.05, 0) is 6.92 Å². The maximum atomic E-state index is 13.3. The van der Waals surface area contributed by atoms with Crippen molar-refractivity contribution in [1.29, 1.82) is 0 Å². The van der Waals surface area contributed by atoms with Crippen LogP contribution in [0, 0.1) is 11.8 Å². The molecular formula is C20H26N2O12. The van der Waals surface area contributed by atoms with Crippen molar-refractivity contribution in [1.82, 2.24) is 10.0 Å². The van der Waals surface area contributed by atoms with E-state index in [1.807, 2.05) is 0 Å². The van der Waals surface area contributed by atoms with Crippen LogP contribution in [0.25, 0.3) is 0 Å². The fraction of sp³-hybridized carbons (Fsp3) is 0.700. The second-order valence-corrected chi connectivity index (χ2v) is 7.96. The van der Waals surface area contributed by atoms with Gasteiger partial charge < -0.3 is 28.4 Å². The van der Waals surface area contributed by atoms with Gasteiger partial charge in [0.2, 0.25) is 5.91 Å². The Labute approximate surface area is 194 Å². The van der Waals surface area contributed by atoms with Crippen LogP contribution in [0.15, 0.2) is 0 Å². The summed E-state index contributed by atoms with van der Waals surface area (Å²) in [6.45, 7) is 2.62. The van der Waals surface area contributed by atoms with Crippen molar-refractivity contribution in [2.24, 2.45) is 11.8 Å². The molecule has 0 aliphatic carbocycles. The van der Waals surface area contributed by atoms with Gasteiger partial charge in [-0.3, -0.25) is 24.2 Å². The number of amides is 1. The lowest BCUT2D eigenvalue weighted by Crippen LogP contribution is -2.82. The van der Waals surface area contributed by atoms with Gasteiger partial charge in [-0.25, -0.2) is 9.59 Å². The van der Waals surface area contributed by atoms with Crippen LogP contribution in [0.3, 0.4) is 0 Å². The maximum Gasteiger partial charge on any atom is 0.356 e. The van der Waals surface area contributed by atoms with Crippen LogP contribution in [0.5, 0.6) is 0 Å². The normalized spacial score (nSPS) is 34.5. The molecule has 0 radical (unpaired) electrons. The van der Waals surface area contributed by atoms with Crippen molar-refractivity contribution in [3.63, 3.8) is 0 Å². The van der Waals surface area contributed by atoms with Gasteiger partial charge in [0.1, 0.15) is 17.9 Å². The summed E-state index contributed by atoms with van der Waals surface area (Å²) < 4.78 is 30.9. The molecular weight excluding hydrogens is 460 g/mol. The molecule has 1 amide bonds. The highest BCUT2D eigenvalue weighted by molar-refractivity contribution is 5.98. The van der Waals surface area contributed by atoms with Gasteiger partial charge in [0.15, 0.2) is 6.04 Å². The molecule has 14 nitrogen and oxygen atoms in total. The third kappa shape index (κ3) is 3.48. The van der Waals surface area contributed by atoms with E-state index in [4.69, 9.17) is 28.4 Å². The zero-order valence-electron chi connectivity index (χ0n) is 19.5. The summed E-state index contributed by atoms with van der Waals surface area (Å²) in [6.07, 6.45) is -2.45. The standard InChI is InChI=1S/C20H26N2O12/c1-8-15(33-9(2)23)10-7-11(24)21-14(18(27)31-5)12(16(25)29-3)13(17(26)30-4)20(34-8,22(10)21)19(28)32-6/h8,10,12-15H,7H2,1-6H3/t8-,10+,12+,13-,14-,15-,20-/m0/s1. The number of carbonyl (C=O) groups excluding carboxylic acids is 6. The molecule has 3 saturated heterocycles. The number of esters is 5. The fourth-order valence-electron chi connectivity index (χ4n) is 5.08. The molecule has 3 aliphatic heterocycles. The molecule has 0 spiro atoms. The SMILES string of the molecule is COC(=O)[C@H]1[C@@H](C(=O)OC)N2C(=O)C[C@@H]3[C@@H](OC(C)=O)[C@H](C)O[C@](C(=O)OC)([C@@H]1C(=O)OC)N32. The van der Waals surface area contributed by atoms with Crippen molar-refractivity contribution < 1.29 is 57.2 Å². The summed E-state index contributed by atoms with van der Waals surface area (Å²) in [5, 5.41) is 1.87. The zero-order valence-corrected chi connectivity index (χ0v) is 19.5. The quantitative estimate of drug-likeness (QED) is 0.315. The number of hydrogen-bond acceptors (Lipinski definition) is 13. The number of rotatable bonds is 5. The second kappa shape index (κ2) is 9.18. The lowest BCUT2D eigenvalue weighted by Gasteiger charge is -2.59. The molecule has 3 rings (SSSR count). The Morgan fingerprint density at radius 1 is 0.941 bits per heavy atom. The van der Waals surface area contributed by atoms with Gasteiger partial charge in [0.25, 0.3) is 5.72 Å². The topological polar surface area (TPSA) is 164 Å². The minimum absolute atomic E-state index is 0.334. The van der Waals surface area contributed by atoms with E-state index in [1.165, 1.54) is 6.92 Å². The fourth-order valence-corrected chi connectivity index (χ4v) is 5.08. The summed E-state index contributed by atoms with van der Waals surface area (Å²) in [6, 6.07) is -2.76. The van der Waals surface area contributed by atoms with Crippen LogP contribution in [0.2, 0.25) is 0 Å². The number of methoxy groups -OCH3 is 4. The Morgan fingerprint density at radius 2 is 1.53 bits per heavy atom. The van der Waals surface area contributed by atoms with Gasteiger partial charge in [0.05, 0.1) is 40.6 Å². The Hall–Kier alpha value is -3.26. The van der Waals surface area contributed by atoms with Crippen LogP contribution >= 0.6 is 0 Å². The van der Waals surface area contributed by atoms with E-state index in [1.54, 1.807) is 0 Å². The predicted octanol–water partition coefficient (Wildman–Crippen LogP) is -1.84. The van der Waals surface area contributed by atoms with Gasteiger partial charge in [-0.15, -0.1) is 0 Å². The largest absolute Gasteiger partial charge is 0.469 e. The van der Waals surface area contributed by atoms with E-state index >= 15 is 0 Å². The molecule has 34 heavy (non-hydrogen) atoms. The summed E-state index contributed by atoms with van der Waals surface area (Å²) in [4.78, 5) is 77.3. The highest BCUT2D eigenvalue weighted by Crippen LogP contribution is 2.52. The molecule has 0 bridgehead atoms. The number of hydrogen-bond donors (Lipinski definition) is 0. The zero-order chi connectivity index (χ0) is 25.5. The Balaban J connectivity index is 2.36. The molecule has 0 N–H and O–H groups in total.